The van der Waals surface area contributed by atoms with Crippen molar-refractivity contribution in [2.45, 2.75) is 25.9 Å². The molecule has 3 heteroatoms. The zero-order valence-electron chi connectivity index (χ0n) is 10.1. The van der Waals surface area contributed by atoms with E-state index in [1.807, 2.05) is 25.1 Å². The lowest BCUT2D eigenvalue weighted by Crippen LogP contribution is -2.35. The predicted molar refractivity (Wildman–Crippen MR) is 66.7 cm³/mol. The highest BCUT2D eigenvalue weighted by Gasteiger charge is 2.17. The number of nitrogens with zero attached hydrogens (tertiary/aromatic N) is 1. The average Bonchev–Trinajstić information content (AvgIpc) is 2.27. The lowest BCUT2D eigenvalue weighted by molar-refractivity contribution is 0.114. The van der Waals surface area contributed by atoms with Crippen LogP contribution in [-0.2, 0) is 0 Å². The molecule has 0 aromatic heterocycles. The van der Waals surface area contributed by atoms with Crippen LogP contribution in [0.3, 0.4) is 0 Å². The lowest BCUT2D eigenvalue weighted by atomic mass is 10.1. The van der Waals surface area contributed by atoms with E-state index >= 15 is 0 Å². The van der Waals surface area contributed by atoms with Crippen LogP contribution < -0.4 is 10.5 Å². The standard InChI is InChI=1S/C13H20N2O/c1-10-3-4-12(9-13(10)14)16-11-5-7-15(2)8-6-11/h3-4,9,11H,5-8,14H2,1-2H3. The van der Waals surface area contributed by atoms with Crippen molar-refractivity contribution in [3.05, 3.63) is 23.8 Å². The molecule has 1 aromatic rings. The number of nitrogens with two attached hydrogens (primary N) is 1. The molecular weight excluding hydrogens is 200 g/mol. The number of rotatable bonds is 2. The van der Waals surface area contributed by atoms with Crippen LogP contribution in [0.2, 0.25) is 0 Å². The van der Waals surface area contributed by atoms with Gasteiger partial charge in [0.05, 0.1) is 0 Å². The van der Waals surface area contributed by atoms with Gasteiger partial charge in [-0.05, 0) is 38.4 Å². The number of ether oxygens (including phenoxy) is 1. The van der Waals surface area contributed by atoms with Crippen LogP contribution in [0.15, 0.2) is 18.2 Å². The van der Waals surface area contributed by atoms with E-state index in [9.17, 15) is 0 Å². The summed E-state index contributed by atoms with van der Waals surface area (Å²) >= 11 is 0. The van der Waals surface area contributed by atoms with Gasteiger partial charge in [0, 0.05) is 24.8 Å². The van der Waals surface area contributed by atoms with Crippen LogP contribution in [0.4, 0.5) is 5.69 Å². The first-order valence-corrected chi connectivity index (χ1v) is 5.86. The number of hydrogen-bond donors (Lipinski definition) is 1. The Morgan fingerprint density at radius 1 is 1.31 bits per heavy atom. The third-order valence-electron chi connectivity index (χ3n) is 3.22. The molecule has 16 heavy (non-hydrogen) atoms. The molecule has 0 atom stereocenters. The fraction of sp³-hybridized carbons (Fsp3) is 0.538. The van der Waals surface area contributed by atoms with Crippen molar-refractivity contribution in [1.29, 1.82) is 0 Å². The molecule has 2 rings (SSSR count). The maximum atomic E-state index is 5.93. The second kappa shape index (κ2) is 4.74. The van der Waals surface area contributed by atoms with E-state index in [2.05, 4.69) is 11.9 Å². The summed E-state index contributed by atoms with van der Waals surface area (Å²) in [5.41, 5.74) is 7.78. The molecule has 1 fully saturated rings. The van der Waals surface area contributed by atoms with Gasteiger partial charge in [0.15, 0.2) is 0 Å². The Bertz CT molecular complexity index is 357. The topological polar surface area (TPSA) is 38.5 Å². The Labute approximate surface area is 97.2 Å². The average molecular weight is 220 g/mol. The highest BCUT2D eigenvalue weighted by atomic mass is 16.5. The van der Waals surface area contributed by atoms with E-state index in [1.54, 1.807) is 0 Å². The van der Waals surface area contributed by atoms with Gasteiger partial charge >= 0.3 is 0 Å². The summed E-state index contributed by atoms with van der Waals surface area (Å²) < 4.78 is 5.93. The molecule has 0 amide bonds. The minimum atomic E-state index is 0.346. The van der Waals surface area contributed by atoms with E-state index in [0.717, 1.165) is 42.9 Å². The Morgan fingerprint density at radius 3 is 2.62 bits per heavy atom. The van der Waals surface area contributed by atoms with Gasteiger partial charge < -0.3 is 15.4 Å². The fourth-order valence-electron chi connectivity index (χ4n) is 1.99. The number of anilines is 1. The Hall–Kier alpha value is -1.22. The molecular formula is C13H20N2O. The van der Waals surface area contributed by atoms with Gasteiger partial charge in [0.25, 0.3) is 0 Å². The maximum absolute atomic E-state index is 5.93. The Kier molecular flexibility index (Phi) is 3.34. The van der Waals surface area contributed by atoms with Crippen LogP contribution in [0, 0.1) is 6.92 Å². The van der Waals surface area contributed by atoms with Gasteiger partial charge in [0.1, 0.15) is 11.9 Å². The van der Waals surface area contributed by atoms with Crippen molar-refractivity contribution < 1.29 is 4.74 Å². The molecule has 0 spiro atoms. The third kappa shape index (κ3) is 2.67. The lowest BCUT2D eigenvalue weighted by Gasteiger charge is -2.29. The molecule has 3 nitrogen and oxygen atoms in total. The molecule has 0 aliphatic carbocycles. The molecule has 1 saturated heterocycles. The van der Waals surface area contributed by atoms with Crippen LogP contribution in [-0.4, -0.2) is 31.1 Å². The molecule has 0 radical (unpaired) electrons. The van der Waals surface area contributed by atoms with Crippen LogP contribution >= 0.6 is 0 Å². The summed E-state index contributed by atoms with van der Waals surface area (Å²) in [4.78, 5) is 2.34. The Morgan fingerprint density at radius 2 is 2.00 bits per heavy atom. The monoisotopic (exact) mass is 220 g/mol. The molecule has 0 saturated carbocycles. The first kappa shape index (κ1) is 11.3. The summed E-state index contributed by atoms with van der Waals surface area (Å²) in [6, 6.07) is 5.94. The van der Waals surface area contributed by atoms with Gasteiger partial charge in [-0.25, -0.2) is 0 Å². The number of nitrogen functional groups attached to an aromatic ring is 1. The number of aryl methyl sites for hydroxylation is 1. The van der Waals surface area contributed by atoms with Crippen LogP contribution in [0.1, 0.15) is 18.4 Å². The zero-order valence-corrected chi connectivity index (χ0v) is 10.1. The number of piperidine rings is 1. The van der Waals surface area contributed by atoms with Crippen molar-refractivity contribution in [3.8, 4) is 5.75 Å². The van der Waals surface area contributed by atoms with Crippen molar-refractivity contribution >= 4 is 5.69 Å². The second-order valence-electron chi connectivity index (χ2n) is 4.64. The van der Waals surface area contributed by atoms with Gasteiger partial charge in [-0.1, -0.05) is 6.07 Å². The first-order valence-electron chi connectivity index (χ1n) is 5.86. The van der Waals surface area contributed by atoms with Crippen molar-refractivity contribution in [3.63, 3.8) is 0 Å². The van der Waals surface area contributed by atoms with Gasteiger partial charge in [-0.2, -0.15) is 0 Å². The number of likely N-dealkylation sites (tertiary alicyclic amines) is 1. The van der Waals surface area contributed by atoms with Crippen molar-refractivity contribution in [1.82, 2.24) is 4.90 Å². The number of benzene rings is 1. The minimum absolute atomic E-state index is 0.346. The van der Waals surface area contributed by atoms with Crippen molar-refractivity contribution in [2.75, 3.05) is 25.9 Å². The Balaban J connectivity index is 1.96. The quantitative estimate of drug-likeness (QED) is 0.775. The molecule has 1 aliphatic heterocycles. The normalized spacial score (nSPS) is 18.6. The molecule has 1 aliphatic rings. The maximum Gasteiger partial charge on any atom is 0.121 e. The minimum Gasteiger partial charge on any atom is -0.490 e. The highest BCUT2D eigenvalue weighted by molar-refractivity contribution is 5.50. The summed E-state index contributed by atoms with van der Waals surface area (Å²) in [6.07, 6.45) is 2.55. The molecule has 88 valence electrons. The van der Waals surface area contributed by atoms with Crippen LogP contribution in [0.5, 0.6) is 5.75 Å². The second-order valence-corrected chi connectivity index (χ2v) is 4.64. The SMILES string of the molecule is Cc1ccc(OC2CCN(C)CC2)cc1N. The summed E-state index contributed by atoms with van der Waals surface area (Å²) in [7, 11) is 2.15. The summed E-state index contributed by atoms with van der Waals surface area (Å²) in [5, 5.41) is 0. The third-order valence-corrected chi connectivity index (χ3v) is 3.22. The fourth-order valence-corrected chi connectivity index (χ4v) is 1.99. The molecule has 0 bridgehead atoms. The van der Waals surface area contributed by atoms with E-state index < -0.39 is 0 Å². The first-order chi connectivity index (χ1) is 7.65. The van der Waals surface area contributed by atoms with Crippen LogP contribution in [0.25, 0.3) is 0 Å². The highest BCUT2D eigenvalue weighted by Crippen LogP contribution is 2.22. The molecule has 1 heterocycles. The van der Waals surface area contributed by atoms with E-state index in [1.165, 1.54) is 0 Å². The molecule has 0 unspecified atom stereocenters. The van der Waals surface area contributed by atoms with E-state index in [0.29, 0.717) is 6.10 Å². The van der Waals surface area contributed by atoms with Gasteiger partial charge in [0.2, 0.25) is 0 Å². The van der Waals surface area contributed by atoms with E-state index in [-0.39, 0.29) is 0 Å². The summed E-state index contributed by atoms with van der Waals surface area (Å²) in [6.45, 7) is 4.24. The van der Waals surface area contributed by atoms with Crippen molar-refractivity contribution in [2.24, 2.45) is 0 Å². The largest absolute Gasteiger partial charge is 0.490 e. The number of hydrogen-bond acceptors (Lipinski definition) is 3. The van der Waals surface area contributed by atoms with Gasteiger partial charge in [-0.15, -0.1) is 0 Å². The predicted octanol–water partition coefficient (Wildman–Crippen LogP) is 2.05. The van der Waals surface area contributed by atoms with E-state index in [4.69, 9.17) is 10.5 Å². The zero-order chi connectivity index (χ0) is 11.5. The molecule has 1 aromatic carbocycles. The summed E-state index contributed by atoms with van der Waals surface area (Å²) in [5.74, 6) is 0.901. The smallest absolute Gasteiger partial charge is 0.121 e. The van der Waals surface area contributed by atoms with Gasteiger partial charge in [-0.3, -0.25) is 0 Å². The molecule has 2 N–H and O–H groups in total.